The lowest BCUT2D eigenvalue weighted by Crippen LogP contribution is -2.20. The summed E-state index contributed by atoms with van der Waals surface area (Å²) in [6.07, 6.45) is 1.53. The van der Waals surface area contributed by atoms with Crippen LogP contribution < -0.4 is 14.8 Å². The van der Waals surface area contributed by atoms with E-state index in [9.17, 15) is 4.79 Å². The molecule has 1 aliphatic heterocycles. The van der Waals surface area contributed by atoms with Gasteiger partial charge in [-0.05, 0) is 35.2 Å². The van der Waals surface area contributed by atoms with Gasteiger partial charge in [0.2, 0.25) is 12.7 Å². The van der Waals surface area contributed by atoms with Gasteiger partial charge in [-0.25, -0.2) is 0 Å². The molecule has 4 nitrogen and oxygen atoms in total. The molecular formula is C17H15NO3S. The van der Waals surface area contributed by atoms with Crippen LogP contribution in [0.15, 0.2) is 64.9 Å². The smallest absolute Gasteiger partial charge is 0.244 e. The van der Waals surface area contributed by atoms with Crippen LogP contribution in [0.3, 0.4) is 0 Å². The van der Waals surface area contributed by atoms with Crippen molar-refractivity contribution in [2.45, 2.75) is 11.4 Å². The summed E-state index contributed by atoms with van der Waals surface area (Å²) in [5.74, 6) is 1.34. The number of carbonyl (C=O) groups excluding carboxylic acids is 1. The lowest BCUT2D eigenvalue weighted by Gasteiger charge is -2.04. The zero-order valence-corrected chi connectivity index (χ0v) is 12.6. The molecule has 0 saturated carbocycles. The van der Waals surface area contributed by atoms with Crippen molar-refractivity contribution in [3.8, 4) is 11.5 Å². The zero-order valence-electron chi connectivity index (χ0n) is 11.8. The highest BCUT2D eigenvalue weighted by atomic mass is 32.2. The Morgan fingerprint density at radius 3 is 2.82 bits per heavy atom. The lowest BCUT2D eigenvalue weighted by molar-refractivity contribution is -0.116. The molecular weight excluding hydrogens is 298 g/mol. The van der Waals surface area contributed by atoms with Gasteiger partial charge in [0, 0.05) is 17.5 Å². The van der Waals surface area contributed by atoms with Gasteiger partial charge in [0.15, 0.2) is 11.5 Å². The molecule has 0 atom stereocenters. The van der Waals surface area contributed by atoms with Gasteiger partial charge in [-0.1, -0.05) is 36.0 Å². The van der Waals surface area contributed by atoms with Crippen molar-refractivity contribution < 1.29 is 14.3 Å². The number of thioether (sulfide) groups is 1. The first-order valence-corrected chi connectivity index (χ1v) is 7.74. The fraction of sp³-hybridized carbons (Fsp3) is 0.118. The van der Waals surface area contributed by atoms with Crippen LogP contribution >= 0.6 is 11.8 Å². The number of nitrogens with one attached hydrogen (secondary N) is 1. The van der Waals surface area contributed by atoms with Crippen LogP contribution in [0.25, 0.3) is 0 Å². The summed E-state index contributed by atoms with van der Waals surface area (Å²) in [6.45, 7) is 0.709. The number of benzene rings is 2. The normalized spacial score (nSPS) is 12.5. The molecule has 3 rings (SSSR count). The van der Waals surface area contributed by atoms with E-state index in [4.69, 9.17) is 9.47 Å². The van der Waals surface area contributed by atoms with Crippen LogP contribution in [-0.4, -0.2) is 12.7 Å². The van der Waals surface area contributed by atoms with Crippen LogP contribution in [0.1, 0.15) is 5.56 Å². The molecule has 1 aliphatic rings. The summed E-state index contributed by atoms with van der Waals surface area (Å²) in [7, 11) is 0. The fourth-order valence-corrected chi connectivity index (χ4v) is 2.64. The summed E-state index contributed by atoms with van der Waals surface area (Å²) in [5.41, 5.74) is 0.974. The third-order valence-corrected chi connectivity index (χ3v) is 3.89. The van der Waals surface area contributed by atoms with Gasteiger partial charge in [0.05, 0.1) is 0 Å². The Hall–Kier alpha value is -2.40. The molecule has 0 aliphatic carbocycles. The van der Waals surface area contributed by atoms with Crippen LogP contribution in [0, 0.1) is 0 Å². The Morgan fingerprint density at radius 1 is 1.14 bits per heavy atom. The number of carbonyl (C=O) groups is 1. The van der Waals surface area contributed by atoms with E-state index in [2.05, 4.69) is 5.32 Å². The van der Waals surface area contributed by atoms with E-state index in [1.807, 2.05) is 48.5 Å². The van der Waals surface area contributed by atoms with Crippen molar-refractivity contribution in [1.82, 2.24) is 5.32 Å². The number of hydrogen-bond acceptors (Lipinski definition) is 4. The molecule has 22 heavy (non-hydrogen) atoms. The van der Waals surface area contributed by atoms with E-state index in [1.54, 1.807) is 5.41 Å². The first kappa shape index (κ1) is 14.5. The third-order valence-electron chi connectivity index (χ3n) is 3.07. The van der Waals surface area contributed by atoms with Crippen molar-refractivity contribution >= 4 is 17.7 Å². The third kappa shape index (κ3) is 3.83. The van der Waals surface area contributed by atoms with Crippen molar-refractivity contribution in [2.24, 2.45) is 0 Å². The first-order valence-electron chi connectivity index (χ1n) is 6.86. The molecule has 0 aromatic heterocycles. The fourth-order valence-electron chi connectivity index (χ4n) is 1.97. The molecule has 0 saturated heterocycles. The molecule has 0 bridgehead atoms. The van der Waals surface area contributed by atoms with Crippen molar-refractivity contribution in [3.05, 3.63) is 65.6 Å². The standard InChI is InChI=1S/C17H15NO3S/c19-17(8-9-22-14-4-2-1-3-5-14)18-11-13-6-7-15-16(10-13)21-12-20-15/h1-10H,11-12H2,(H,18,19)/b9-8+. The van der Waals surface area contributed by atoms with Crippen molar-refractivity contribution in [1.29, 1.82) is 0 Å². The quantitative estimate of drug-likeness (QED) is 0.679. The minimum atomic E-state index is -0.124. The van der Waals surface area contributed by atoms with E-state index in [0.29, 0.717) is 6.54 Å². The van der Waals surface area contributed by atoms with Crippen LogP contribution in [0.5, 0.6) is 11.5 Å². The van der Waals surface area contributed by atoms with E-state index in [1.165, 1.54) is 17.8 Å². The van der Waals surface area contributed by atoms with Crippen molar-refractivity contribution in [3.63, 3.8) is 0 Å². The molecule has 0 radical (unpaired) electrons. The van der Waals surface area contributed by atoms with Gasteiger partial charge in [-0.2, -0.15) is 0 Å². The first-order chi connectivity index (χ1) is 10.8. The Kier molecular flexibility index (Phi) is 4.65. The van der Waals surface area contributed by atoms with E-state index in [-0.39, 0.29) is 12.7 Å². The second-order valence-corrected chi connectivity index (χ2v) is 5.62. The summed E-state index contributed by atoms with van der Waals surface area (Å²) < 4.78 is 10.6. The van der Waals surface area contributed by atoms with Gasteiger partial charge in [0.25, 0.3) is 0 Å². The summed E-state index contributed by atoms with van der Waals surface area (Å²) in [6, 6.07) is 15.5. The maximum atomic E-state index is 11.8. The second-order valence-electron chi connectivity index (χ2n) is 4.64. The van der Waals surface area contributed by atoms with Gasteiger partial charge < -0.3 is 14.8 Å². The highest BCUT2D eigenvalue weighted by Gasteiger charge is 2.13. The largest absolute Gasteiger partial charge is 0.454 e. The van der Waals surface area contributed by atoms with E-state index < -0.39 is 0 Å². The Bertz CT molecular complexity index is 686. The highest BCUT2D eigenvalue weighted by Crippen LogP contribution is 2.32. The van der Waals surface area contributed by atoms with E-state index in [0.717, 1.165) is 22.0 Å². The second kappa shape index (κ2) is 7.04. The van der Waals surface area contributed by atoms with Crippen LogP contribution in [0.4, 0.5) is 0 Å². The average Bonchev–Trinajstić information content (AvgIpc) is 3.01. The molecule has 0 unspecified atom stereocenters. The number of hydrogen-bond donors (Lipinski definition) is 1. The molecule has 1 N–H and O–H groups in total. The van der Waals surface area contributed by atoms with Gasteiger partial charge in [-0.3, -0.25) is 4.79 Å². The summed E-state index contributed by atoms with van der Waals surface area (Å²) in [4.78, 5) is 12.9. The van der Waals surface area contributed by atoms with Crippen LogP contribution in [-0.2, 0) is 11.3 Å². The number of ether oxygens (including phenoxy) is 2. The molecule has 0 spiro atoms. The summed E-state index contributed by atoms with van der Waals surface area (Å²) in [5, 5.41) is 4.62. The maximum absolute atomic E-state index is 11.8. The monoisotopic (exact) mass is 313 g/mol. The molecule has 112 valence electrons. The topological polar surface area (TPSA) is 47.6 Å². The zero-order chi connectivity index (χ0) is 15.2. The van der Waals surface area contributed by atoms with Gasteiger partial charge in [-0.15, -0.1) is 0 Å². The number of amides is 1. The summed E-state index contributed by atoms with van der Waals surface area (Å²) >= 11 is 1.51. The van der Waals surface area contributed by atoms with Gasteiger partial charge >= 0.3 is 0 Å². The molecule has 2 aromatic carbocycles. The van der Waals surface area contributed by atoms with Crippen LogP contribution in [0.2, 0.25) is 0 Å². The minimum absolute atomic E-state index is 0.124. The predicted molar refractivity (Wildman–Crippen MR) is 85.9 cm³/mol. The van der Waals surface area contributed by atoms with Gasteiger partial charge in [0.1, 0.15) is 0 Å². The lowest BCUT2D eigenvalue weighted by atomic mass is 10.2. The van der Waals surface area contributed by atoms with E-state index >= 15 is 0 Å². The average molecular weight is 313 g/mol. The highest BCUT2D eigenvalue weighted by molar-refractivity contribution is 8.02. The van der Waals surface area contributed by atoms with Crippen molar-refractivity contribution in [2.75, 3.05) is 6.79 Å². The Morgan fingerprint density at radius 2 is 1.95 bits per heavy atom. The molecule has 0 fully saturated rings. The molecule has 1 heterocycles. The molecule has 1 amide bonds. The number of rotatable bonds is 5. The SMILES string of the molecule is O=C(/C=C/Sc1ccccc1)NCc1ccc2c(c1)OCO2. The molecule has 2 aromatic rings. The Labute approximate surface area is 133 Å². The molecule has 5 heteroatoms. The minimum Gasteiger partial charge on any atom is -0.454 e. The Balaban J connectivity index is 1.48. The maximum Gasteiger partial charge on any atom is 0.244 e. The predicted octanol–water partition coefficient (Wildman–Crippen LogP) is 3.34. The number of fused-ring (bicyclic) bond motifs is 1.